The van der Waals surface area contributed by atoms with Gasteiger partial charge in [-0.05, 0) is 32.6 Å². The summed E-state index contributed by atoms with van der Waals surface area (Å²) in [5.41, 5.74) is 2.90. The fraction of sp³-hybridized carbons (Fsp3) is 0.611. The number of aromatic amines is 1. The highest BCUT2D eigenvalue weighted by Crippen LogP contribution is 2.28. The first-order valence-electron chi connectivity index (χ1n) is 9.13. The van der Waals surface area contributed by atoms with Crippen LogP contribution in [0.3, 0.4) is 0 Å². The van der Waals surface area contributed by atoms with E-state index in [2.05, 4.69) is 15.1 Å². The number of carbonyl (C=O) groups is 1. The third-order valence-corrected chi connectivity index (χ3v) is 5.55. The zero-order valence-corrected chi connectivity index (χ0v) is 14.6. The summed E-state index contributed by atoms with van der Waals surface area (Å²) >= 11 is 0. The summed E-state index contributed by atoms with van der Waals surface area (Å²) in [6.45, 7) is 5.12. The molecule has 0 saturated carbocycles. The minimum Gasteiger partial charge on any atom is -0.381 e. The van der Waals surface area contributed by atoms with Gasteiger partial charge in [0.25, 0.3) is 5.91 Å². The first-order chi connectivity index (χ1) is 12.2. The van der Waals surface area contributed by atoms with Gasteiger partial charge in [-0.1, -0.05) is 0 Å². The number of rotatable bonds is 3. The second-order valence-electron chi connectivity index (χ2n) is 7.01. The van der Waals surface area contributed by atoms with E-state index in [1.54, 1.807) is 12.5 Å². The molecule has 0 bridgehead atoms. The molecule has 2 fully saturated rings. The number of nitrogens with zero attached hydrogens (tertiary/aromatic N) is 4. The molecule has 134 valence electrons. The lowest BCUT2D eigenvalue weighted by Crippen LogP contribution is -2.38. The Morgan fingerprint density at radius 3 is 2.64 bits per heavy atom. The highest BCUT2D eigenvalue weighted by molar-refractivity contribution is 5.95. The molecule has 0 atom stereocenters. The molecule has 2 saturated heterocycles. The Morgan fingerprint density at radius 2 is 1.96 bits per heavy atom. The largest absolute Gasteiger partial charge is 0.381 e. The molecule has 7 nitrogen and oxygen atoms in total. The molecule has 2 aromatic rings. The summed E-state index contributed by atoms with van der Waals surface area (Å²) in [5, 5.41) is 4.51. The molecule has 2 aliphatic rings. The summed E-state index contributed by atoms with van der Waals surface area (Å²) < 4.78 is 7.45. The fourth-order valence-corrected chi connectivity index (χ4v) is 3.99. The fourth-order valence-electron chi connectivity index (χ4n) is 3.99. The SMILES string of the molecule is Cc1c(C(=O)N2CCC(c3cnc[nH]3)CC2)cnn1C1CCOCC1. The van der Waals surface area contributed by atoms with Crippen molar-refractivity contribution in [2.24, 2.45) is 0 Å². The van der Waals surface area contributed by atoms with E-state index in [-0.39, 0.29) is 5.91 Å². The molecule has 4 rings (SSSR count). The standard InChI is InChI=1S/C18H25N5O2/c1-13-16(10-21-23(13)15-4-8-25-9-5-15)18(24)22-6-2-14(3-7-22)17-11-19-12-20-17/h10-12,14-15H,2-9H2,1H3,(H,19,20). The van der Waals surface area contributed by atoms with Crippen molar-refractivity contribution in [3.8, 4) is 0 Å². The van der Waals surface area contributed by atoms with Crippen molar-refractivity contribution in [1.82, 2.24) is 24.6 Å². The molecule has 1 amide bonds. The van der Waals surface area contributed by atoms with Crippen molar-refractivity contribution in [3.63, 3.8) is 0 Å². The lowest BCUT2D eigenvalue weighted by molar-refractivity contribution is 0.0654. The van der Waals surface area contributed by atoms with Gasteiger partial charge in [0.15, 0.2) is 0 Å². The topological polar surface area (TPSA) is 76.0 Å². The number of hydrogen-bond donors (Lipinski definition) is 1. The van der Waals surface area contributed by atoms with Crippen LogP contribution in [0.25, 0.3) is 0 Å². The normalized spacial score (nSPS) is 20.1. The van der Waals surface area contributed by atoms with Crippen molar-refractivity contribution in [2.45, 2.75) is 44.6 Å². The Morgan fingerprint density at radius 1 is 1.20 bits per heavy atom. The molecule has 1 N–H and O–H groups in total. The van der Waals surface area contributed by atoms with E-state index in [1.807, 2.05) is 22.7 Å². The van der Waals surface area contributed by atoms with Gasteiger partial charge in [0.1, 0.15) is 0 Å². The molecule has 0 spiro atoms. The van der Waals surface area contributed by atoms with Crippen LogP contribution in [0.1, 0.15) is 59.4 Å². The molecule has 0 aromatic carbocycles. The second kappa shape index (κ2) is 7.00. The summed E-state index contributed by atoms with van der Waals surface area (Å²) in [6, 6.07) is 0.349. The van der Waals surface area contributed by atoms with Gasteiger partial charge < -0.3 is 14.6 Å². The first-order valence-corrected chi connectivity index (χ1v) is 9.13. The number of piperidine rings is 1. The Balaban J connectivity index is 1.42. The number of likely N-dealkylation sites (tertiary alicyclic amines) is 1. The predicted octanol–water partition coefficient (Wildman–Crippen LogP) is 2.29. The van der Waals surface area contributed by atoms with Crippen molar-refractivity contribution < 1.29 is 9.53 Å². The molecule has 7 heteroatoms. The maximum atomic E-state index is 12.9. The van der Waals surface area contributed by atoms with Gasteiger partial charge in [-0.15, -0.1) is 0 Å². The molecule has 25 heavy (non-hydrogen) atoms. The zero-order chi connectivity index (χ0) is 17.2. The van der Waals surface area contributed by atoms with Gasteiger partial charge in [0.2, 0.25) is 0 Å². The number of nitrogens with one attached hydrogen (secondary N) is 1. The van der Waals surface area contributed by atoms with Crippen molar-refractivity contribution >= 4 is 5.91 Å². The Kier molecular flexibility index (Phi) is 4.57. The number of imidazole rings is 1. The number of hydrogen-bond acceptors (Lipinski definition) is 4. The monoisotopic (exact) mass is 343 g/mol. The first kappa shape index (κ1) is 16.3. The maximum Gasteiger partial charge on any atom is 0.257 e. The van der Waals surface area contributed by atoms with Gasteiger partial charge in [-0.25, -0.2) is 4.98 Å². The minimum absolute atomic E-state index is 0.110. The number of ether oxygens (including phenoxy) is 1. The molecule has 0 aliphatic carbocycles. The van der Waals surface area contributed by atoms with Gasteiger partial charge in [-0.2, -0.15) is 5.10 Å². The van der Waals surface area contributed by atoms with E-state index in [1.165, 1.54) is 5.69 Å². The molecule has 0 unspecified atom stereocenters. The van der Waals surface area contributed by atoms with Crippen LogP contribution in [0.15, 0.2) is 18.7 Å². The number of carbonyl (C=O) groups excluding carboxylic acids is 1. The third kappa shape index (κ3) is 3.20. The molecule has 4 heterocycles. The van der Waals surface area contributed by atoms with Crippen LogP contribution in [-0.4, -0.2) is 56.9 Å². The van der Waals surface area contributed by atoms with E-state index in [0.29, 0.717) is 12.0 Å². The number of aromatic nitrogens is 4. The van der Waals surface area contributed by atoms with Crippen LogP contribution in [0.5, 0.6) is 0 Å². The van der Waals surface area contributed by atoms with E-state index in [9.17, 15) is 4.79 Å². The predicted molar refractivity (Wildman–Crippen MR) is 92.5 cm³/mol. The average molecular weight is 343 g/mol. The highest BCUT2D eigenvalue weighted by atomic mass is 16.5. The lowest BCUT2D eigenvalue weighted by atomic mass is 9.93. The van der Waals surface area contributed by atoms with Crippen LogP contribution in [0.4, 0.5) is 0 Å². The maximum absolute atomic E-state index is 12.9. The van der Waals surface area contributed by atoms with Gasteiger partial charge in [-0.3, -0.25) is 9.48 Å². The van der Waals surface area contributed by atoms with Gasteiger partial charge in [0, 0.05) is 49.8 Å². The van der Waals surface area contributed by atoms with Crippen LogP contribution in [-0.2, 0) is 4.74 Å². The zero-order valence-electron chi connectivity index (χ0n) is 14.6. The van der Waals surface area contributed by atoms with Crippen molar-refractivity contribution in [2.75, 3.05) is 26.3 Å². The van der Waals surface area contributed by atoms with E-state index in [0.717, 1.165) is 63.2 Å². The van der Waals surface area contributed by atoms with Crippen LogP contribution >= 0.6 is 0 Å². The van der Waals surface area contributed by atoms with Crippen molar-refractivity contribution in [1.29, 1.82) is 0 Å². The van der Waals surface area contributed by atoms with Crippen LogP contribution in [0, 0.1) is 6.92 Å². The Bertz CT molecular complexity index is 710. The summed E-state index contributed by atoms with van der Waals surface area (Å²) in [7, 11) is 0. The Hall–Kier alpha value is -2.15. The molecular formula is C18H25N5O2. The van der Waals surface area contributed by atoms with E-state index >= 15 is 0 Å². The summed E-state index contributed by atoms with van der Waals surface area (Å²) in [5.74, 6) is 0.580. The van der Waals surface area contributed by atoms with Gasteiger partial charge >= 0.3 is 0 Å². The van der Waals surface area contributed by atoms with E-state index < -0.39 is 0 Å². The quantitative estimate of drug-likeness (QED) is 0.928. The average Bonchev–Trinajstić information content (AvgIpc) is 3.32. The minimum atomic E-state index is 0.110. The van der Waals surface area contributed by atoms with Gasteiger partial charge in [0.05, 0.1) is 24.1 Å². The number of H-pyrrole nitrogens is 1. The third-order valence-electron chi connectivity index (χ3n) is 5.55. The van der Waals surface area contributed by atoms with Crippen LogP contribution < -0.4 is 0 Å². The highest BCUT2D eigenvalue weighted by Gasteiger charge is 2.28. The molecule has 2 aliphatic heterocycles. The Labute approximate surface area is 147 Å². The van der Waals surface area contributed by atoms with Crippen LogP contribution in [0.2, 0.25) is 0 Å². The number of amides is 1. The second-order valence-corrected chi connectivity index (χ2v) is 7.01. The molecular weight excluding hydrogens is 318 g/mol. The smallest absolute Gasteiger partial charge is 0.257 e. The summed E-state index contributed by atoms with van der Waals surface area (Å²) in [4.78, 5) is 22.2. The van der Waals surface area contributed by atoms with Crippen molar-refractivity contribution in [3.05, 3.63) is 35.7 Å². The molecule has 2 aromatic heterocycles. The molecule has 0 radical (unpaired) electrons. The van der Waals surface area contributed by atoms with E-state index in [4.69, 9.17) is 4.74 Å². The lowest BCUT2D eigenvalue weighted by Gasteiger charge is -2.31. The summed E-state index contributed by atoms with van der Waals surface area (Å²) in [6.07, 6.45) is 9.23.